The van der Waals surface area contributed by atoms with E-state index in [1.54, 1.807) is 12.1 Å². The van der Waals surface area contributed by atoms with Crippen molar-refractivity contribution in [3.63, 3.8) is 0 Å². The molecule has 1 fully saturated rings. The predicted octanol–water partition coefficient (Wildman–Crippen LogP) is 3.04. The van der Waals surface area contributed by atoms with Crippen molar-refractivity contribution in [3.05, 3.63) is 88.0 Å². The number of fused-ring (bicyclic) bond motifs is 6. The molecular formula is C31H25BO10. The maximum atomic E-state index is 14.0. The molecule has 0 N–H and O–H groups in total. The van der Waals surface area contributed by atoms with Crippen molar-refractivity contribution in [1.82, 2.24) is 0 Å². The minimum Gasteiger partial charge on any atom is -0.463 e. The number of ether oxygens (including phenoxy) is 3. The largest absolute Gasteiger partial charge is 0.494 e. The van der Waals surface area contributed by atoms with Gasteiger partial charge in [-0.15, -0.1) is 0 Å². The van der Waals surface area contributed by atoms with Gasteiger partial charge in [-0.2, -0.15) is 0 Å². The Bertz CT molecular complexity index is 1680. The first-order valence-corrected chi connectivity index (χ1v) is 13.4. The zero-order valence-electron chi connectivity index (χ0n) is 23.1. The van der Waals surface area contributed by atoms with E-state index in [9.17, 15) is 24.0 Å². The van der Waals surface area contributed by atoms with E-state index < -0.39 is 48.3 Å². The van der Waals surface area contributed by atoms with Crippen LogP contribution in [0.4, 0.5) is 0 Å². The van der Waals surface area contributed by atoms with Gasteiger partial charge in [0.2, 0.25) is 0 Å². The second-order valence-corrected chi connectivity index (χ2v) is 10.5. The van der Waals surface area contributed by atoms with E-state index in [0.717, 1.165) is 0 Å². The molecule has 0 saturated carbocycles. The number of hydrogen-bond donors (Lipinski definition) is 0. The van der Waals surface area contributed by atoms with Gasteiger partial charge < -0.3 is 23.5 Å². The highest BCUT2D eigenvalue weighted by Crippen LogP contribution is 2.54. The molecule has 1 aliphatic heterocycles. The summed E-state index contributed by atoms with van der Waals surface area (Å²) < 4.78 is 29.7. The number of hydrogen-bond acceptors (Lipinski definition) is 10. The van der Waals surface area contributed by atoms with Crippen molar-refractivity contribution in [3.8, 4) is 11.5 Å². The van der Waals surface area contributed by atoms with Crippen LogP contribution in [-0.2, 0) is 34.9 Å². The van der Waals surface area contributed by atoms with Gasteiger partial charge in [-0.25, -0.2) is 0 Å². The van der Waals surface area contributed by atoms with E-state index in [1.807, 2.05) is 30.3 Å². The van der Waals surface area contributed by atoms with Crippen LogP contribution in [0, 0.1) is 0 Å². The average molecular weight is 568 g/mol. The normalized spacial score (nSPS) is 20.2. The highest BCUT2D eigenvalue weighted by atomic mass is 16.6. The summed E-state index contributed by atoms with van der Waals surface area (Å²) >= 11 is 0. The Hall–Kier alpha value is -4.61. The van der Waals surface area contributed by atoms with Crippen LogP contribution >= 0.6 is 0 Å². The molecule has 11 heteroatoms. The molecule has 3 aromatic rings. The Morgan fingerprint density at radius 2 is 1.40 bits per heavy atom. The van der Waals surface area contributed by atoms with Gasteiger partial charge in [0.1, 0.15) is 18.1 Å². The Kier molecular flexibility index (Phi) is 6.79. The van der Waals surface area contributed by atoms with Gasteiger partial charge >= 0.3 is 25.0 Å². The molecule has 0 amide bonds. The molecule has 212 valence electrons. The van der Waals surface area contributed by atoms with Crippen LogP contribution in [0.3, 0.4) is 0 Å². The minimum absolute atomic E-state index is 0.00785. The van der Waals surface area contributed by atoms with Gasteiger partial charge in [-0.05, 0) is 5.46 Å². The molecule has 0 spiro atoms. The number of rotatable bonds is 5. The van der Waals surface area contributed by atoms with Crippen LogP contribution in [0.1, 0.15) is 76.3 Å². The third-order valence-corrected chi connectivity index (χ3v) is 7.54. The summed E-state index contributed by atoms with van der Waals surface area (Å²) in [6, 6.07) is 15.4. The van der Waals surface area contributed by atoms with Crippen LogP contribution in [0.25, 0.3) is 0 Å². The quantitative estimate of drug-likeness (QED) is 0.201. The first kappa shape index (κ1) is 27.6. The molecular weight excluding hydrogens is 543 g/mol. The lowest BCUT2D eigenvalue weighted by atomic mass is 9.67. The first-order valence-electron chi connectivity index (χ1n) is 13.4. The lowest BCUT2D eigenvalue weighted by molar-refractivity contribution is -0.155. The molecule has 1 heterocycles. The van der Waals surface area contributed by atoms with E-state index in [4.69, 9.17) is 23.5 Å². The van der Waals surface area contributed by atoms with Crippen molar-refractivity contribution in [2.75, 3.05) is 6.61 Å². The highest BCUT2D eigenvalue weighted by molar-refractivity contribution is 6.61. The Balaban J connectivity index is 1.64. The van der Waals surface area contributed by atoms with Crippen molar-refractivity contribution in [2.24, 2.45) is 0 Å². The topological polar surface area (TPSA) is 132 Å². The lowest BCUT2D eigenvalue weighted by Gasteiger charge is -2.48. The molecule has 2 atom stereocenters. The van der Waals surface area contributed by atoms with Crippen LogP contribution in [0.15, 0.2) is 54.6 Å². The number of benzene rings is 3. The maximum Gasteiger partial charge on any atom is 0.494 e. The van der Waals surface area contributed by atoms with Gasteiger partial charge in [0.25, 0.3) is 0 Å². The maximum absolute atomic E-state index is 14.0. The SMILES string of the molecule is CC(=O)OC[C@]12Cc3c(OC(C)=O)c4c(c(OC(C)=O)c3[C@H](C1)OB(c1ccccc1)O2)C(=O)c1ccccc1C4=O. The van der Waals surface area contributed by atoms with E-state index in [2.05, 4.69) is 0 Å². The van der Waals surface area contributed by atoms with Crippen molar-refractivity contribution >= 4 is 42.1 Å². The van der Waals surface area contributed by atoms with Gasteiger partial charge in [-0.1, -0.05) is 54.6 Å². The molecule has 6 rings (SSSR count). The van der Waals surface area contributed by atoms with E-state index in [-0.39, 0.29) is 58.8 Å². The summed E-state index contributed by atoms with van der Waals surface area (Å²) in [5, 5.41) is 0. The smallest absolute Gasteiger partial charge is 0.463 e. The molecule has 1 saturated heterocycles. The molecule has 42 heavy (non-hydrogen) atoms. The molecule has 0 aromatic heterocycles. The van der Waals surface area contributed by atoms with Crippen molar-refractivity contribution < 1.29 is 47.5 Å². The van der Waals surface area contributed by atoms with Crippen molar-refractivity contribution in [2.45, 2.75) is 45.3 Å². The molecule has 2 bridgehead atoms. The second-order valence-electron chi connectivity index (χ2n) is 10.5. The summed E-state index contributed by atoms with van der Waals surface area (Å²) in [5.41, 5.74) is -0.0111. The zero-order valence-corrected chi connectivity index (χ0v) is 23.1. The fourth-order valence-electron chi connectivity index (χ4n) is 5.95. The Labute approximate surface area is 241 Å². The predicted molar refractivity (Wildman–Crippen MR) is 147 cm³/mol. The molecule has 0 radical (unpaired) electrons. The van der Waals surface area contributed by atoms with Gasteiger partial charge in [0.15, 0.2) is 11.6 Å². The Morgan fingerprint density at radius 1 is 0.833 bits per heavy atom. The molecule has 0 unspecified atom stereocenters. The van der Waals surface area contributed by atoms with Crippen molar-refractivity contribution in [1.29, 1.82) is 0 Å². The van der Waals surface area contributed by atoms with E-state index >= 15 is 0 Å². The van der Waals surface area contributed by atoms with Crippen LogP contribution in [0.2, 0.25) is 0 Å². The lowest BCUT2D eigenvalue weighted by Crippen LogP contribution is -2.58. The van der Waals surface area contributed by atoms with Crippen LogP contribution < -0.4 is 14.9 Å². The number of esters is 3. The van der Waals surface area contributed by atoms with Gasteiger partial charge in [-0.3, -0.25) is 24.0 Å². The summed E-state index contributed by atoms with van der Waals surface area (Å²) in [6.07, 6.45) is -0.717. The summed E-state index contributed by atoms with van der Waals surface area (Å²) in [6.45, 7) is 3.48. The fourth-order valence-corrected chi connectivity index (χ4v) is 5.95. The molecule has 10 nitrogen and oxygen atoms in total. The highest BCUT2D eigenvalue weighted by Gasteiger charge is 2.54. The molecule has 3 aliphatic rings. The third kappa shape index (κ3) is 4.60. The first-order chi connectivity index (χ1) is 20.1. The third-order valence-electron chi connectivity index (χ3n) is 7.54. The van der Waals surface area contributed by atoms with Crippen LogP contribution in [-0.4, -0.2) is 48.8 Å². The number of carbonyl (C=O) groups excluding carboxylic acids is 5. The molecule has 3 aromatic carbocycles. The van der Waals surface area contributed by atoms with Crippen LogP contribution in [0.5, 0.6) is 11.5 Å². The van der Waals surface area contributed by atoms with E-state index in [1.165, 1.54) is 32.9 Å². The summed E-state index contributed by atoms with van der Waals surface area (Å²) in [7, 11) is -0.912. The standard InChI is InChI=1S/C31H25BO10/c1-16(33)38-15-31-13-22-24(23(14-31)41-32(42-31)19-9-5-4-6-10-19)30(40-18(3)35)26-25(29(22)39-17(2)34)27(36)20-11-7-8-12-21(20)28(26)37/h4-12,23H,13-15H2,1-3H3/t23-,31-/m0/s1. The number of carbonyl (C=O) groups is 5. The number of ketones is 2. The molecule has 2 aliphatic carbocycles. The monoisotopic (exact) mass is 568 g/mol. The van der Waals surface area contributed by atoms with E-state index in [0.29, 0.717) is 11.0 Å². The van der Waals surface area contributed by atoms with Gasteiger partial charge in [0, 0.05) is 55.9 Å². The second kappa shape index (κ2) is 10.3. The Morgan fingerprint density at radius 3 is 2.00 bits per heavy atom. The van der Waals surface area contributed by atoms with Gasteiger partial charge in [0.05, 0.1) is 22.8 Å². The zero-order chi connectivity index (χ0) is 29.8. The average Bonchev–Trinajstić information content (AvgIpc) is 2.95. The summed E-state index contributed by atoms with van der Waals surface area (Å²) in [5.74, 6) is -3.37. The minimum atomic E-state index is -1.17. The summed E-state index contributed by atoms with van der Waals surface area (Å²) in [4.78, 5) is 64.7. The fraction of sp³-hybridized carbons (Fsp3) is 0.258.